The van der Waals surface area contributed by atoms with Crippen LogP contribution in [-0.2, 0) is 18.4 Å². The summed E-state index contributed by atoms with van der Waals surface area (Å²) in [5.41, 5.74) is 4.63. The number of aryl methyl sites for hydroxylation is 1. The van der Waals surface area contributed by atoms with Crippen molar-refractivity contribution in [2.45, 2.75) is 6.61 Å². The van der Waals surface area contributed by atoms with E-state index >= 15 is 0 Å². The van der Waals surface area contributed by atoms with Gasteiger partial charge in [0.2, 0.25) is 0 Å². The third kappa shape index (κ3) is 5.50. The molecule has 0 aliphatic carbocycles. The lowest BCUT2D eigenvalue weighted by Crippen LogP contribution is -2.16. The first-order valence-corrected chi connectivity index (χ1v) is 12.1. The van der Waals surface area contributed by atoms with Crippen molar-refractivity contribution in [2.24, 2.45) is 7.05 Å². The molecule has 0 fully saturated rings. The summed E-state index contributed by atoms with van der Waals surface area (Å²) in [5, 5.41) is 10.2. The number of carbonyl (C=O) groups is 2. The van der Waals surface area contributed by atoms with Crippen LogP contribution in [0, 0.1) is 5.82 Å². The number of hydrogen-bond acceptors (Lipinski definition) is 4. The lowest BCUT2D eigenvalue weighted by molar-refractivity contribution is 0.101. The van der Waals surface area contributed by atoms with Crippen molar-refractivity contribution < 1.29 is 18.7 Å². The van der Waals surface area contributed by atoms with Crippen molar-refractivity contribution in [2.75, 3.05) is 10.6 Å². The highest BCUT2D eigenvalue weighted by Gasteiger charge is 2.18. The van der Waals surface area contributed by atoms with Crippen LogP contribution in [0.15, 0.2) is 91.0 Å². The summed E-state index contributed by atoms with van der Waals surface area (Å²) in [5.74, 6) is -1.04. The van der Waals surface area contributed by atoms with Gasteiger partial charge in [0.1, 0.15) is 18.1 Å². The molecule has 0 atom stereocenters. The number of anilines is 2. The monoisotopic (exact) mass is 528 g/mol. The Kier molecular flexibility index (Phi) is 7.06. The van der Waals surface area contributed by atoms with Crippen molar-refractivity contribution in [1.82, 2.24) is 9.78 Å². The molecule has 0 saturated carbocycles. The van der Waals surface area contributed by atoms with E-state index < -0.39 is 17.8 Å². The number of ether oxygens (including phenoxy) is 1. The lowest BCUT2D eigenvalue weighted by atomic mass is 10.0. The minimum Gasteiger partial charge on any atom is -0.444 e. The van der Waals surface area contributed by atoms with Crippen LogP contribution in [0.25, 0.3) is 22.0 Å². The minimum atomic E-state index is -0.632. The smallest absolute Gasteiger partial charge is 0.411 e. The fourth-order valence-corrected chi connectivity index (χ4v) is 4.22. The Balaban J connectivity index is 1.25. The Morgan fingerprint density at radius 1 is 0.895 bits per heavy atom. The van der Waals surface area contributed by atoms with Gasteiger partial charge in [-0.2, -0.15) is 5.10 Å². The van der Waals surface area contributed by atoms with Crippen molar-refractivity contribution in [3.63, 3.8) is 0 Å². The zero-order valence-electron chi connectivity index (χ0n) is 20.2. The summed E-state index contributed by atoms with van der Waals surface area (Å²) < 4.78 is 20.3. The Hall–Kier alpha value is -4.69. The van der Waals surface area contributed by atoms with Crippen molar-refractivity contribution in [1.29, 1.82) is 0 Å². The van der Waals surface area contributed by atoms with Crippen molar-refractivity contribution in [3.05, 3.63) is 113 Å². The van der Waals surface area contributed by atoms with Gasteiger partial charge in [-0.25, -0.2) is 9.18 Å². The van der Waals surface area contributed by atoms with Crippen LogP contribution in [0.2, 0.25) is 5.02 Å². The zero-order chi connectivity index (χ0) is 26.6. The average molecular weight is 529 g/mol. The van der Waals surface area contributed by atoms with Gasteiger partial charge >= 0.3 is 6.09 Å². The minimum absolute atomic E-state index is 0.101. The number of hydrogen-bond donors (Lipinski definition) is 2. The maximum atomic E-state index is 13.5. The highest BCUT2D eigenvalue weighted by Crippen LogP contribution is 2.25. The molecule has 0 radical (unpaired) electrons. The molecule has 1 heterocycles. The molecule has 190 valence electrons. The first-order valence-electron chi connectivity index (χ1n) is 11.7. The van der Waals surface area contributed by atoms with Gasteiger partial charge < -0.3 is 10.1 Å². The van der Waals surface area contributed by atoms with Crippen LogP contribution in [-0.4, -0.2) is 21.8 Å². The molecule has 2 N–H and O–H groups in total. The summed E-state index contributed by atoms with van der Waals surface area (Å²) in [7, 11) is 1.64. The second-order valence-corrected chi connectivity index (χ2v) is 8.96. The lowest BCUT2D eigenvalue weighted by Gasteiger charge is -2.09. The molecule has 1 aromatic heterocycles. The van der Waals surface area contributed by atoms with Crippen LogP contribution >= 0.6 is 11.6 Å². The number of benzene rings is 4. The second-order valence-electron chi connectivity index (χ2n) is 8.55. The van der Waals surface area contributed by atoms with Crippen LogP contribution in [0.4, 0.5) is 20.6 Å². The van der Waals surface area contributed by atoms with E-state index in [1.807, 2.05) is 54.6 Å². The van der Waals surface area contributed by atoms with E-state index in [4.69, 9.17) is 16.3 Å². The van der Waals surface area contributed by atoms with E-state index in [2.05, 4.69) is 15.7 Å². The normalized spacial score (nSPS) is 10.8. The van der Waals surface area contributed by atoms with Crippen molar-refractivity contribution in [3.8, 4) is 11.1 Å². The fraction of sp³-hybridized carbons (Fsp3) is 0.0690. The molecule has 7 nitrogen and oxygen atoms in total. The third-order valence-corrected chi connectivity index (χ3v) is 6.19. The van der Waals surface area contributed by atoms with E-state index in [0.29, 0.717) is 22.3 Å². The van der Waals surface area contributed by atoms with Gasteiger partial charge in [0.05, 0.1) is 10.5 Å². The summed E-state index contributed by atoms with van der Waals surface area (Å²) in [4.78, 5) is 25.5. The number of aromatic nitrogens is 2. The maximum Gasteiger partial charge on any atom is 0.411 e. The Bertz CT molecular complexity index is 1640. The molecule has 4 aromatic carbocycles. The quantitative estimate of drug-likeness (QED) is 0.248. The molecule has 5 rings (SSSR count). The average Bonchev–Trinajstić information content (AvgIpc) is 3.25. The molecular formula is C29H22ClFN4O3. The molecule has 0 bridgehead atoms. The standard InChI is InChI=1S/C29H22ClFN4O3/c1-35-27(28(36)32-22-11-13-25(31)24(30)16-22)23-15-21(12-14-26(23)34-35)33-29(37)38-17-18-7-9-20(10-8-18)19-5-3-2-4-6-19/h2-16H,17H2,1H3,(H,32,36)(H,33,37). The Labute approximate surface area is 222 Å². The SMILES string of the molecule is Cn1nc2ccc(NC(=O)OCc3ccc(-c4ccccc4)cc3)cc2c1C(=O)Nc1ccc(F)c(Cl)c1. The predicted octanol–water partition coefficient (Wildman–Crippen LogP) is 7.03. The highest BCUT2D eigenvalue weighted by atomic mass is 35.5. The molecule has 0 unspecified atom stereocenters. The largest absolute Gasteiger partial charge is 0.444 e. The van der Waals surface area contributed by atoms with Gasteiger partial charge in [0, 0.05) is 23.8 Å². The van der Waals surface area contributed by atoms with Gasteiger partial charge in [-0.1, -0.05) is 66.2 Å². The number of carbonyl (C=O) groups excluding carboxylic acids is 2. The molecule has 5 aromatic rings. The molecule has 0 spiro atoms. The van der Waals surface area contributed by atoms with Gasteiger partial charge in [0.15, 0.2) is 0 Å². The highest BCUT2D eigenvalue weighted by molar-refractivity contribution is 6.31. The molecule has 0 saturated heterocycles. The van der Waals surface area contributed by atoms with Crippen LogP contribution in [0.3, 0.4) is 0 Å². The number of amides is 2. The van der Waals surface area contributed by atoms with Gasteiger partial charge in [0.25, 0.3) is 5.91 Å². The van der Waals surface area contributed by atoms with Gasteiger partial charge in [-0.3, -0.25) is 14.8 Å². The van der Waals surface area contributed by atoms with Crippen LogP contribution in [0.5, 0.6) is 0 Å². The molecule has 0 aliphatic rings. The molecule has 9 heteroatoms. The second kappa shape index (κ2) is 10.7. The summed E-state index contributed by atoms with van der Waals surface area (Å²) >= 11 is 5.82. The number of nitrogens with one attached hydrogen (secondary N) is 2. The van der Waals surface area contributed by atoms with Crippen molar-refractivity contribution >= 4 is 45.9 Å². The molecule has 38 heavy (non-hydrogen) atoms. The Morgan fingerprint density at radius 3 is 2.32 bits per heavy atom. The number of rotatable bonds is 6. The zero-order valence-corrected chi connectivity index (χ0v) is 21.0. The van der Waals surface area contributed by atoms with Crippen LogP contribution in [0.1, 0.15) is 16.1 Å². The number of fused-ring (bicyclic) bond motifs is 1. The summed E-state index contributed by atoms with van der Waals surface area (Å²) in [6, 6.07) is 26.7. The first kappa shape index (κ1) is 25.0. The van der Waals surface area contributed by atoms with E-state index in [0.717, 1.165) is 16.7 Å². The predicted molar refractivity (Wildman–Crippen MR) is 146 cm³/mol. The van der Waals surface area contributed by atoms with Gasteiger partial charge in [-0.15, -0.1) is 0 Å². The van der Waals surface area contributed by atoms with E-state index in [-0.39, 0.29) is 17.3 Å². The van der Waals surface area contributed by atoms with E-state index in [9.17, 15) is 14.0 Å². The first-order chi connectivity index (χ1) is 18.4. The molecule has 0 aliphatic heterocycles. The number of halogens is 2. The summed E-state index contributed by atoms with van der Waals surface area (Å²) in [6.07, 6.45) is -0.632. The van der Waals surface area contributed by atoms with Gasteiger partial charge in [-0.05, 0) is 53.1 Å². The summed E-state index contributed by atoms with van der Waals surface area (Å²) in [6.45, 7) is 0.101. The molecule has 2 amide bonds. The third-order valence-electron chi connectivity index (χ3n) is 5.90. The Morgan fingerprint density at radius 2 is 1.58 bits per heavy atom. The number of nitrogens with zero attached hydrogens (tertiary/aromatic N) is 2. The maximum absolute atomic E-state index is 13.5. The fourth-order valence-electron chi connectivity index (χ4n) is 4.04. The topological polar surface area (TPSA) is 85.2 Å². The van der Waals surface area contributed by atoms with E-state index in [1.165, 1.54) is 22.9 Å². The van der Waals surface area contributed by atoms with Crippen LogP contribution < -0.4 is 10.6 Å². The molecular weight excluding hydrogens is 507 g/mol. The van der Waals surface area contributed by atoms with E-state index in [1.54, 1.807) is 25.2 Å².